The first-order valence-electron chi connectivity index (χ1n) is 6.35. The van der Waals surface area contributed by atoms with Crippen molar-refractivity contribution in [3.63, 3.8) is 0 Å². The lowest BCUT2D eigenvalue weighted by Gasteiger charge is -2.11. The van der Waals surface area contributed by atoms with E-state index in [1.54, 1.807) is 0 Å². The van der Waals surface area contributed by atoms with Gasteiger partial charge in [0.25, 0.3) is 0 Å². The summed E-state index contributed by atoms with van der Waals surface area (Å²) >= 11 is 0. The van der Waals surface area contributed by atoms with Crippen molar-refractivity contribution in [2.75, 3.05) is 7.11 Å². The van der Waals surface area contributed by atoms with Gasteiger partial charge in [0.05, 0.1) is 7.11 Å². The maximum absolute atomic E-state index is 13.0. The average Bonchev–Trinajstić information content (AvgIpc) is 2.53. The maximum atomic E-state index is 13.0. The minimum absolute atomic E-state index is 0.369. The van der Waals surface area contributed by atoms with Gasteiger partial charge in [-0.15, -0.1) is 0 Å². The number of carbonyl (C=O) groups is 1. The number of rotatable bonds is 2. The zero-order valence-electron chi connectivity index (χ0n) is 11.7. The van der Waals surface area contributed by atoms with E-state index in [-0.39, 0.29) is 5.82 Å². The lowest BCUT2D eigenvalue weighted by atomic mass is 10.1. The summed E-state index contributed by atoms with van der Waals surface area (Å²) in [6.07, 6.45) is -1.82. The molecule has 1 atom stereocenters. The van der Waals surface area contributed by atoms with Crippen LogP contribution >= 0.6 is 0 Å². The van der Waals surface area contributed by atoms with Crippen molar-refractivity contribution < 1.29 is 23.0 Å². The van der Waals surface area contributed by atoms with E-state index >= 15 is 0 Å². The molecule has 0 N–H and O–H groups in total. The third kappa shape index (κ3) is 4.32. The molecule has 112 valence electrons. The molecule has 0 amide bonds. The van der Waals surface area contributed by atoms with E-state index in [2.05, 4.69) is 16.6 Å². The molecule has 0 saturated heterocycles. The smallest absolute Gasteiger partial charge is 0.438 e. The summed E-state index contributed by atoms with van der Waals surface area (Å²) in [5.74, 6) is 4.73. The van der Waals surface area contributed by atoms with Crippen LogP contribution in [-0.2, 0) is 9.47 Å². The minimum atomic E-state index is -0.918. The fourth-order valence-corrected chi connectivity index (χ4v) is 1.64. The van der Waals surface area contributed by atoms with E-state index < -0.39 is 18.1 Å². The van der Waals surface area contributed by atoms with Crippen molar-refractivity contribution in [1.29, 1.82) is 0 Å². The third-order valence-electron chi connectivity index (χ3n) is 2.75. The predicted molar refractivity (Wildman–Crippen MR) is 75.9 cm³/mol. The topological polar surface area (TPSA) is 35.5 Å². The first kappa shape index (κ1) is 15.5. The van der Waals surface area contributed by atoms with E-state index in [9.17, 15) is 13.6 Å². The molecule has 2 aromatic carbocycles. The molecule has 0 aliphatic heterocycles. The van der Waals surface area contributed by atoms with Crippen LogP contribution in [0.3, 0.4) is 0 Å². The highest BCUT2D eigenvalue weighted by Gasteiger charge is 2.14. The van der Waals surface area contributed by atoms with E-state index in [1.165, 1.54) is 55.6 Å². The largest absolute Gasteiger partial charge is 0.509 e. The summed E-state index contributed by atoms with van der Waals surface area (Å²) in [6.45, 7) is 0. The number of hydrogen-bond acceptors (Lipinski definition) is 3. The number of methoxy groups -OCH3 is 1. The van der Waals surface area contributed by atoms with Gasteiger partial charge in [0, 0.05) is 11.1 Å². The van der Waals surface area contributed by atoms with Crippen LogP contribution in [0.4, 0.5) is 13.6 Å². The monoisotopic (exact) mass is 302 g/mol. The van der Waals surface area contributed by atoms with Crippen molar-refractivity contribution >= 4 is 6.16 Å². The Morgan fingerprint density at radius 3 is 2.09 bits per heavy atom. The van der Waals surface area contributed by atoms with Crippen LogP contribution in [0.2, 0.25) is 0 Å². The van der Waals surface area contributed by atoms with Crippen LogP contribution in [-0.4, -0.2) is 13.3 Å². The van der Waals surface area contributed by atoms with E-state index in [1.807, 2.05) is 0 Å². The second-order valence-electron chi connectivity index (χ2n) is 4.28. The molecule has 3 nitrogen and oxygen atoms in total. The van der Waals surface area contributed by atoms with Gasteiger partial charge in [0.2, 0.25) is 0 Å². The van der Waals surface area contributed by atoms with Crippen LogP contribution in [0, 0.1) is 23.5 Å². The van der Waals surface area contributed by atoms with Gasteiger partial charge in [-0.1, -0.05) is 18.1 Å². The molecule has 0 radical (unpaired) electrons. The quantitative estimate of drug-likeness (QED) is 0.624. The Bertz CT molecular complexity index is 697. The Kier molecular flexibility index (Phi) is 5.10. The van der Waals surface area contributed by atoms with Gasteiger partial charge in [-0.05, 0) is 42.3 Å². The van der Waals surface area contributed by atoms with E-state index in [4.69, 9.17) is 4.74 Å². The van der Waals surface area contributed by atoms with Crippen LogP contribution in [0.1, 0.15) is 17.2 Å². The SMILES string of the molecule is COC(=O)OC(C#Cc1ccc(F)cc1)c1ccc(F)cc1. The van der Waals surface area contributed by atoms with Gasteiger partial charge in [-0.3, -0.25) is 0 Å². The van der Waals surface area contributed by atoms with Crippen molar-refractivity contribution in [1.82, 2.24) is 0 Å². The standard InChI is InChI=1S/C17H12F2O3/c1-21-17(20)22-16(13-5-9-15(19)10-6-13)11-4-12-2-7-14(18)8-3-12/h2-3,5-10,16H,1H3. The third-order valence-corrected chi connectivity index (χ3v) is 2.75. The van der Waals surface area contributed by atoms with Gasteiger partial charge in [0.1, 0.15) is 11.6 Å². The highest BCUT2D eigenvalue weighted by molar-refractivity contribution is 5.60. The number of benzene rings is 2. The number of carbonyl (C=O) groups excluding carboxylic acids is 1. The number of hydrogen-bond donors (Lipinski definition) is 0. The fourth-order valence-electron chi connectivity index (χ4n) is 1.64. The minimum Gasteiger partial charge on any atom is -0.438 e. The second-order valence-corrected chi connectivity index (χ2v) is 4.28. The van der Waals surface area contributed by atoms with Gasteiger partial charge in [0.15, 0.2) is 6.10 Å². The highest BCUT2D eigenvalue weighted by atomic mass is 19.1. The molecule has 0 heterocycles. The van der Waals surface area contributed by atoms with Gasteiger partial charge in [-0.2, -0.15) is 0 Å². The van der Waals surface area contributed by atoms with Gasteiger partial charge >= 0.3 is 6.16 Å². The molecule has 22 heavy (non-hydrogen) atoms. The van der Waals surface area contributed by atoms with Crippen LogP contribution in [0.5, 0.6) is 0 Å². The van der Waals surface area contributed by atoms with E-state index in [0.717, 1.165) is 0 Å². The molecular formula is C17H12F2O3. The molecule has 0 bridgehead atoms. The molecule has 0 saturated carbocycles. The zero-order chi connectivity index (χ0) is 15.9. The first-order chi connectivity index (χ1) is 10.6. The highest BCUT2D eigenvalue weighted by Crippen LogP contribution is 2.18. The summed E-state index contributed by atoms with van der Waals surface area (Å²) in [7, 11) is 1.18. The molecular weight excluding hydrogens is 290 g/mol. The molecule has 1 unspecified atom stereocenters. The normalized spacial score (nSPS) is 11.0. The molecule has 0 fully saturated rings. The lowest BCUT2D eigenvalue weighted by molar-refractivity contribution is 0.0550. The summed E-state index contributed by atoms with van der Waals surface area (Å²) in [6, 6.07) is 11.0. The molecule has 0 aromatic heterocycles. The summed E-state index contributed by atoms with van der Waals surface area (Å²) in [4.78, 5) is 11.3. The molecule has 2 rings (SSSR count). The Balaban J connectivity index is 2.26. The zero-order valence-corrected chi connectivity index (χ0v) is 11.7. The van der Waals surface area contributed by atoms with Crippen LogP contribution in [0.15, 0.2) is 48.5 Å². The van der Waals surface area contributed by atoms with Crippen molar-refractivity contribution in [2.24, 2.45) is 0 Å². The van der Waals surface area contributed by atoms with Gasteiger partial charge in [-0.25, -0.2) is 13.6 Å². The van der Waals surface area contributed by atoms with Crippen molar-refractivity contribution in [3.05, 3.63) is 71.3 Å². The Morgan fingerprint density at radius 2 is 1.55 bits per heavy atom. The van der Waals surface area contributed by atoms with Crippen molar-refractivity contribution in [3.8, 4) is 11.8 Å². The molecule has 0 spiro atoms. The Morgan fingerprint density at radius 1 is 1.00 bits per heavy atom. The van der Waals surface area contributed by atoms with Gasteiger partial charge < -0.3 is 9.47 Å². The average molecular weight is 302 g/mol. The summed E-state index contributed by atoms with van der Waals surface area (Å²) < 4.78 is 35.3. The Hall–Kier alpha value is -2.87. The maximum Gasteiger partial charge on any atom is 0.509 e. The molecule has 0 aliphatic rings. The number of ether oxygens (including phenoxy) is 2. The molecule has 0 aliphatic carbocycles. The Labute approximate surface area is 126 Å². The summed E-state index contributed by atoms with van der Waals surface area (Å²) in [5, 5.41) is 0. The predicted octanol–water partition coefficient (Wildman–Crippen LogP) is 3.84. The fraction of sp³-hybridized carbons (Fsp3) is 0.118. The van der Waals surface area contributed by atoms with Crippen LogP contribution in [0.25, 0.3) is 0 Å². The molecule has 5 heteroatoms. The first-order valence-corrected chi connectivity index (χ1v) is 6.35. The molecule has 2 aromatic rings. The van der Waals surface area contributed by atoms with Crippen molar-refractivity contribution in [2.45, 2.75) is 6.10 Å². The summed E-state index contributed by atoms with van der Waals surface area (Å²) in [5.41, 5.74) is 1.06. The second kappa shape index (κ2) is 7.23. The van der Waals surface area contributed by atoms with Crippen LogP contribution < -0.4 is 0 Å². The lowest BCUT2D eigenvalue weighted by Crippen LogP contribution is -2.10. The van der Waals surface area contributed by atoms with E-state index in [0.29, 0.717) is 11.1 Å². The number of halogens is 2.